The fraction of sp³-hybridized carbons (Fsp3) is 0.118. The van der Waals surface area contributed by atoms with Gasteiger partial charge in [-0.15, -0.1) is 0 Å². The number of benzene rings is 1. The van der Waals surface area contributed by atoms with E-state index < -0.39 is 11.1 Å². The van der Waals surface area contributed by atoms with Gasteiger partial charge in [0.2, 0.25) is 0 Å². The molecular weight excluding hydrogens is 399 g/mol. The van der Waals surface area contributed by atoms with Crippen molar-refractivity contribution in [3.05, 3.63) is 62.9 Å². The van der Waals surface area contributed by atoms with Crippen LogP contribution in [0.3, 0.4) is 0 Å². The van der Waals surface area contributed by atoms with E-state index in [0.717, 1.165) is 16.7 Å². The van der Waals surface area contributed by atoms with Gasteiger partial charge in [0.25, 0.3) is 17.1 Å². The molecule has 1 aliphatic rings. The van der Waals surface area contributed by atoms with E-state index in [1.54, 1.807) is 18.2 Å². The van der Waals surface area contributed by atoms with Crippen molar-refractivity contribution in [1.29, 1.82) is 0 Å². The van der Waals surface area contributed by atoms with Crippen molar-refractivity contribution in [2.45, 2.75) is 0 Å². The van der Waals surface area contributed by atoms with E-state index in [2.05, 4.69) is 5.32 Å². The van der Waals surface area contributed by atoms with Crippen LogP contribution in [0.5, 0.6) is 0 Å². The molecule has 3 amide bonds. The number of carbonyl (C=O) groups excluding carboxylic acids is 3. The van der Waals surface area contributed by atoms with Gasteiger partial charge in [0, 0.05) is 13.1 Å². The largest absolute Gasteiger partial charge is 0.472 e. The summed E-state index contributed by atoms with van der Waals surface area (Å²) in [5, 5.41) is 2.89. The summed E-state index contributed by atoms with van der Waals surface area (Å²) >= 11 is 12.9. The molecule has 0 spiro atoms. The second kappa shape index (κ2) is 7.99. The zero-order valence-corrected chi connectivity index (χ0v) is 15.5. The topological polar surface area (TPSA) is 79.6 Å². The van der Waals surface area contributed by atoms with Crippen LogP contribution >= 0.6 is 35.0 Å². The van der Waals surface area contributed by atoms with Gasteiger partial charge in [0.05, 0.1) is 26.8 Å². The maximum absolute atomic E-state index is 12.4. The Kier molecular flexibility index (Phi) is 5.70. The second-order valence-electron chi connectivity index (χ2n) is 5.24. The van der Waals surface area contributed by atoms with Crippen LogP contribution in [0.15, 0.2) is 46.1 Å². The summed E-state index contributed by atoms with van der Waals surface area (Å²) in [4.78, 5) is 37.7. The van der Waals surface area contributed by atoms with Crippen molar-refractivity contribution < 1.29 is 18.8 Å². The quantitative estimate of drug-likeness (QED) is 0.751. The molecule has 1 aromatic heterocycles. The van der Waals surface area contributed by atoms with Crippen LogP contribution in [-0.4, -0.2) is 35.0 Å². The molecule has 134 valence electrons. The summed E-state index contributed by atoms with van der Waals surface area (Å²) in [5.74, 6) is -0.777. The minimum Gasteiger partial charge on any atom is -0.472 e. The first kappa shape index (κ1) is 18.6. The molecule has 0 unspecified atom stereocenters. The minimum atomic E-state index is -0.436. The molecule has 0 radical (unpaired) electrons. The molecular formula is C17H12Cl2N2O4S. The Balaban J connectivity index is 1.64. The molecule has 2 aromatic rings. The fourth-order valence-electron chi connectivity index (χ4n) is 2.24. The number of nitrogens with zero attached hydrogens (tertiary/aromatic N) is 1. The van der Waals surface area contributed by atoms with E-state index in [9.17, 15) is 14.4 Å². The van der Waals surface area contributed by atoms with Crippen molar-refractivity contribution in [2.75, 3.05) is 13.1 Å². The van der Waals surface area contributed by atoms with Gasteiger partial charge in [-0.3, -0.25) is 19.3 Å². The van der Waals surface area contributed by atoms with Gasteiger partial charge >= 0.3 is 0 Å². The van der Waals surface area contributed by atoms with Crippen LogP contribution < -0.4 is 5.32 Å². The van der Waals surface area contributed by atoms with Crippen molar-refractivity contribution >= 4 is 58.1 Å². The highest BCUT2D eigenvalue weighted by Crippen LogP contribution is 2.34. The Morgan fingerprint density at radius 3 is 2.81 bits per heavy atom. The summed E-state index contributed by atoms with van der Waals surface area (Å²) in [6.45, 7) is 0.197. The van der Waals surface area contributed by atoms with Gasteiger partial charge in [-0.05, 0) is 35.5 Å². The molecule has 0 atom stereocenters. The molecule has 0 aliphatic carbocycles. The van der Waals surface area contributed by atoms with E-state index in [1.165, 1.54) is 24.7 Å². The van der Waals surface area contributed by atoms with E-state index in [1.807, 2.05) is 0 Å². The predicted molar refractivity (Wildman–Crippen MR) is 100 cm³/mol. The monoisotopic (exact) mass is 410 g/mol. The van der Waals surface area contributed by atoms with Crippen molar-refractivity contribution in [3.63, 3.8) is 0 Å². The first-order valence-electron chi connectivity index (χ1n) is 7.47. The molecule has 26 heavy (non-hydrogen) atoms. The number of amides is 3. The van der Waals surface area contributed by atoms with Crippen molar-refractivity contribution in [2.24, 2.45) is 0 Å². The molecule has 1 N–H and O–H groups in total. The van der Waals surface area contributed by atoms with E-state index in [0.29, 0.717) is 21.2 Å². The van der Waals surface area contributed by atoms with Crippen molar-refractivity contribution in [1.82, 2.24) is 10.2 Å². The average Bonchev–Trinajstić information content (AvgIpc) is 3.23. The van der Waals surface area contributed by atoms with Gasteiger partial charge < -0.3 is 9.73 Å². The van der Waals surface area contributed by atoms with Gasteiger partial charge in [0.15, 0.2) is 0 Å². The number of thioether (sulfide) groups is 1. The maximum atomic E-state index is 12.4. The normalized spacial score (nSPS) is 15.8. The van der Waals surface area contributed by atoms with Crippen LogP contribution in [-0.2, 0) is 4.79 Å². The van der Waals surface area contributed by atoms with Crippen LogP contribution in [0.4, 0.5) is 4.79 Å². The zero-order chi connectivity index (χ0) is 18.7. The lowest BCUT2D eigenvalue weighted by atomic mass is 10.2. The molecule has 9 heteroatoms. The van der Waals surface area contributed by atoms with Gasteiger partial charge in [-0.2, -0.15) is 0 Å². The Morgan fingerprint density at radius 2 is 2.08 bits per heavy atom. The third-order valence-electron chi connectivity index (χ3n) is 3.55. The first-order valence-corrected chi connectivity index (χ1v) is 9.04. The molecule has 3 rings (SSSR count). The predicted octanol–water partition coefficient (Wildman–Crippen LogP) is 4.05. The number of rotatable bonds is 5. The second-order valence-corrected chi connectivity index (χ2v) is 7.02. The molecule has 1 fully saturated rings. The van der Waals surface area contributed by atoms with E-state index >= 15 is 0 Å². The standard InChI is InChI=1S/C17H12Cl2N2O4S/c18-12-3-1-2-10(14(12)19)8-13-16(23)21(17(24)26-13)6-5-20-15(22)11-4-7-25-9-11/h1-4,7-9H,5-6H2,(H,20,22)/b13-8-. The minimum absolute atomic E-state index is 0.0644. The number of furan rings is 1. The molecule has 1 saturated heterocycles. The summed E-state index contributed by atoms with van der Waals surface area (Å²) < 4.78 is 4.83. The Hall–Kier alpha value is -2.22. The first-order chi connectivity index (χ1) is 12.5. The number of halogens is 2. The van der Waals surface area contributed by atoms with Gasteiger partial charge in [-0.1, -0.05) is 35.3 Å². The lowest BCUT2D eigenvalue weighted by Gasteiger charge is -2.12. The molecule has 2 heterocycles. The van der Waals surface area contributed by atoms with Crippen molar-refractivity contribution in [3.8, 4) is 0 Å². The van der Waals surface area contributed by atoms with E-state index in [4.69, 9.17) is 27.6 Å². The zero-order valence-electron chi connectivity index (χ0n) is 13.2. The summed E-state index contributed by atoms with van der Waals surface area (Å²) in [6, 6.07) is 6.56. The van der Waals surface area contributed by atoms with Crippen LogP contribution in [0.1, 0.15) is 15.9 Å². The Labute approximate surface area is 163 Å². The number of nitrogens with one attached hydrogen (secondary N) is 1. The Morgan fingerprint density at radius 1 is 1.27 bits per heavy atom. The third kappa shape index (κ3) is 3.95. The summed E-state index contributed by atoms with van der Waals surface area (Å²) in [7, 11) is 0. The summed E-state index contributed by atoms with van der Waals surface area (Å²) in [5.41, 5.74) is 0.924. The SMILES string of the molecule is O=C(NCCN1C(=O)S/C(=C\c2cccc(Cl)c2Cl)C1=O)c1ccoc1. The van der Waals surface area contributed by atoms with Gasteiger partial charge in [-0.25, -0.2) is 0 Å². The number of imide groups is 1. The molecule has 1 aliphatic heterocycles. The Bertz CT molecular complexity index is 896. The highest BCUT2D eigenvalue weighted by Gasteiger charge is 2.34. The number of carbonyl (C=O) groups is 3. The molecule has 0 bridgehead atoms. The van der Waals surface area contributed by atoms with E-state index in [-0.39, 0.29) is 23.9 Å². The lowest BCUT2D eigenvalue weighted by Crippen LogP contribution is -2.37. The number of hydrogen-bond donors (Lipinski definition) is 1. The summed E-state index contributed by atoms with van der Waals surface area (Å²) in [6.07, 6.45) is 4.23. The number of hydrogen-bond acceptors (Lipinski definition) is 5. The fourth-order valence-corrected chi connectivity index (χ4v) is 3.46. The lowest BCUT2D eigenvalue weighted by molar-refractivity contribution is -0.122. The highest BCUT2D eigenvalue weighted by molar-refractivity contribution is 8.18. The van der Waals surface area contributed by atoms with Crippen LogP contribution in [0, 0.1) is 0 Å². The van der Waals surface area contributed by atoms with Gasteiger partial charge in [0.1, 0.15) is 6.26 Å². The molecule has 6 nitrogen and oxygen atoms in total. The molecule has 1 aromatic carbocycles. The highest BCUT2D eigenvalue weighted by atomic mass is 35.5. The smallest absolute Gasteiger partial charge is 0.293 e. The molecule has 0 saturated carbocycles. The third-order valence-corrected chi connectivity index (χ3v) is 5.29. The van der Waals surface area contributed by atoms with Crippen LogP contribution in [0.2, 0.25) is 10.0 Å². The average molecular weight is 411 g/mol. The van der Waals surface area contributed by atoms with Crippen LogP contribution in [0.25, 0.3) is 6.08 Å². The maximum Gasteiger partial charge on any atom is 0.293 e.